The normalized spacial score (nSPS) is 18.3. The third-order valence-corrected chi connectivity index (χ3v) is 5.94. The molecule has 1 aliphatic rings. The number of nitrogens with one attached hydrogen (secondary N) is 3. The Morgan fingerprint density at radius 2 is 1.66 bits per heavy atom. The van der Waals surface area contributed by atoms with Crippen molar-refractivity contribution in [2.24, 2.45) is 0 Å². The topological polar surface area (TPSA) is 82.2 Å². The van der Waals surface area contributed by atoms with Crippen molar-refractivity contribution in [3.05, 3.63) is 54.1 Å². The van der Waals surface area contributed by atoms with Gasteiger partial charge in [0.2, 0.25) is 11.9 Å². The highest BCUT2D eigenvalue weighted by Gasteiger charge is 2.22. The Kier molecular flexibility index (Phi) is 6.85. The number of rotatable bonds is 7. The molecule has 1 fully saturated rings. The van der Waals surface area contributed by atoms with Gasteiger partial charge in [-0.05, 0) is 55.5 Å². The van der Waals surface area contributed by atoms with Crippen LogP contribution in [0.25, 0.3) is 10.9 Å². The zero-order valence-electron chi connectivity index (χ0n) is 19.1. The summed E-state index contributed by atoms with van der Waals surface area (Å²) in [4.78, 5) is 22.7. The van der Waals surface area contributed by atoms with Crippen LogP contribution < -0.4 is 20.9 Å². The first kappa shape index (κ1) is 22.0. The van der Waals surface area contributed by atoms with Crippen molar-refractivity contribution in [3.8, 4) is 0 Å². The van der Waals surface area contributed by atoms with E-state index in [1.165, 1.54) is 12.5 Å². The molecule has 7 heteroatoms. The smallest absolute Gasteiger partial charge is 0.225 e. The summed E-state index contributed by atoms with van der Waals surface area (Å²) in [6.07, 6.45) is 4.42. The molecule has 0 aliphatic heterocycles. The third-order valence-electron chi connectivity index (χ3n) is 5.94. The quantitative estimate of drug-likeness (QED) is 0.520. The van der Waals surface area contributed by atoms with E-state index < -0.39 is 0 Å². The van der Waals surface area contributed by atoms with E-state index in [1.807, 2.05) is 49.3 Å². The molecule has 0 atom stereocenters. The Labute approximate surface area is 189 Å². The highest BCUT2D eigenvalue weighted by Crippen LogP contribution is 2.26. The molecule has 1 aromatic heterocycles. The maximum atomic E-state index is 11.1. The summed E-state index contributed by atoms with van der Waals surface area (Å²) >= 11 is 0. The summed E-state index contributed by atoms with van der Waals surface area (Å²) in [5.41, 5.74) is 3.02. The maximum Gasteiger partial charge on any atom is 0.225 e. The van der Waals surface area contributed by atoms with Gasteiger partial charge >= 0.3 is 0 Å². The Balaban J connectivity index is 1.29. The van der Waals surface area contributed by atoms with Gasteiger partial charge in [-0.3, -0.25) is 4.79 Å². The van der Waals surface area contributed by atoms with Gasteiger partial charge in [0, 0.05) is 50.7 Å². The van der Waals surface area contributed by atoms with Crippen LogP contribution in [0.15, 0.2) is 48.5 Å². The highest BCUT2D eigenvalue weighted by molar-refractivity contribution is 5.90. The van der Waals surface area contributed by atoms with Crippen molar-refractivity contribution in [3.63, 3.8) is 0 Å². The molecule has 32 heavy (non-hydrogen) atoms. The molecule has 0 spiro atoms. The number of benzene rings is 2. The first-order valence-corrected chi connectivity index (χ1v) is 11.3. The van der Waals surface area contributed by atoms with Crippen LogP contribution in [-0.4, -0.2) is 42.1 Å². The minimum atomic E-state index is -0.0479. The molecule has 7 nitrogen and oxygen atoms in total. The van der Waals surface area contributed by atoms with Crippen LogP contribution in [0.3, 0.4) is 0 Å². The summed E-state index contributed by atoms with van der Waals surface area (Å²) in [7, 11) is 4.03. The van der Waals surface area contributed by atoms with Crippen molar-refractivity contribution >= 4 is 34.3 Å². The molecule has 0 saturated heterocycles. The number of carbonyl (C=O) groups excluding carboxylic acids is 1. The largest absolute Gasteiger partial charge is 0.362 e. The minimum absolute atomic E-state index is 0.0479. The number of carbonyl (C=O) groups is 1. The van der Waals surface area contributed by atoms with Crippen molar-refractivity contribution in [2.45, 2.75) is 51.2 Å². The van der Waals surface area contributed by atoms with Crippen molar-refractivity contribution in [2.75, 3.05) is 29.6 Å². The second-order valence-electron chi connectivity index (χ2n) is 8.73. The number of amides is 1. The second kappa shape index (κ2) is 9.96. The molecule has 0 bridgehead atoms. The summed E-state index contributed by atoms with van der Waals surface area (Å²) in [5.74, 6) is 1.61. The predicted octanol–water partition coefficient (Wildman–Crippen LogP) is 4.17. The number of fused-ring (bicyclic) bond motifs is 1. The molecule has 3 N–H and O–H groups in total. The number of aromatic nitrogens is 2. The lowest BCUT2D eigenvalue weighted by Crippen LogP contribution is -2.37. The highest BCUT2D eigenvalue weighted by atomic mass is 16.1. The van der Waals surface area contributed by atoms with Gasteiger partial charge in [-0.25, -0.2) is 4.98 Å². The molecule has 0 unspecified atom stereocenters. The van der Waals surface area contributed by atoms with E-state index in [0.717, 1.165) is 54.6 Å². The zero-order valence-corrected chi connectivity index (χ0v) is 19.1. The van der Waals surface area contributed by atoms with Gasteiger partial charge < -0.3 is 20.9 Å². The van der Waals surface area contributed by atoms with Gasteiger partial charge in [-0.2, -0.15) is 4.98 Å². The van der Waals surface area contributed by atoms with Crippen molar-refractivity contribution in [1.82, 2.24) is 15.3 Å². The summed E-state index contributed by atoms with van der Waals surface area (Å²) in [6.45, 7) is 2.36. The van der Waals surface area contributed by atoms with E-state index in [1.54, 1.807) is 0 Å². The molecule has 0 radical (unpaired) electrons. The molecular weight excluding hydrogens is 400 g/mol. The monoisotopic (exact) mass is 432 g/mol. The molecule has 1 amide bonds. The van der Waals surface area contributed by atoms with Crippen LogP contribution >= 0.6 is 0 Å². The number of hydrogen-bond acceptors (Lipinski definition) is 6. The van der Waals surface area contributed by atoms with Gasteiger partial charge in [0.25, 0.3) is 0 Å². The fourth-order valence-corrected chi connectivity index (χ4v) is 4.26. The standard InChI is InChI=1S/C25H32N6O/c1-17(32)27-20-10-8-18(9-11-20)16-26-19-12-14-21(15-13-19)28-25-29-23-7-5-4-6-22(23)24(30-25)31(2)3/h4-11,19,21,26H,12-16H2,1-3H3,(H,27,32)(H,28,29,30). The molecular formula is C25H32N6O. The number of hydrogen-bond donors (Lipinski definition) is 3. The van der Waals surface area contributed by atoms with Gasteiger partial charge in [-0.15, -0.1) is 0 Å². The van der Waals surface area contributed by atoms with Crippen molar-refractivity contribution in [1.29, 1.82) is 0 Å². The Morgan fingerprint density at radius 3 is 2.34 bits per heavy atom. The Bertz CT molecular complexity index is 1060. The van der Waals surface area contributed by atoms with E-state index in [-0.39, 0.29) is 5.91 Å². The molecule has 3 aromatic rings. The first-order chi connectivity index (χ1) is 15.5. The lowest BCUT2D eigenvalue weighted by Gasteiger charge is -2.30. The van der Waals surface area contributed by atoms with E-state index in [9.17, 15) is 4.79 Å². The fourth-order valence-electron chi connectivity index (χ4n) is 4.26. The summed E-state index contributed by atoms with van der Waals surface area (Å²) < 4.78 is 0. The average Bonchev–Trinajstić information content (AvgIpc) is 2.78. The summed E-state index contributed by atoms with van der Waals surface area (Å²) in [6, 6.07) is 17.1. The van der Waals surface area contributed by atoms with Crippen LogP contribution in [0.2, 0.25) is 0 Å². The van der Waals surface area contributed by atoms with Gasteiger partial charge in [0.05, 0.1) is 5.52 Å². The third kappa shape index (κ3) is 5.53. The van der Waals surface area contributed by atoms with Gasteiger partial charge in [-0.1, -0.05) is 24.3 Å². The minimum Gasteiger partial charge on any atom is -0.362 e. The fraction of sp³-hybridized carbons (Fsp3) is 0.400. The average molecular weight is 433 g/mol. The predicted molar refractivity (Wildman–Crippen MR) is 131 cm³/mol. The number of nitrogens with zero attached hydrogens (tertiary/aromatic N) is 3. The number of para-hydroxylation sites is 1. The Hall–Kier alpha value is -3.19. The van der Waals surface area contributed by atoms with Crippen LogP contribution in [0.1, 0.15) is 38.2 Å². The zero-order chi connectivity index (χ0) is 22.5. The number of anilines is 3. The lowest BCUT2D eigenvalue weighted by molar-refractivity contribution is -0.114. The van der Waals surface area contributed by atoms with Crippen LogP contribution in [0.5, 0.6) is 0 Å². The maximum absolute atomic E-state index is 11.1. The molecule has 4 rings (SSSR count). The van der Waals surface area contributed by atoms with Crippen LogP contribution in [0.4, 0.5) is 17.5 Å². The van der Waals surface area contributed by atoms with E-state index in [2.05, 4.69) is 34.1 Å². The van der Waals surface area contributed by atoms with E-state index >= 15 is 0 Å². The van der Waals surface area contributed by atoms with Crippen LogP contribution in [-0.2, 0) is 11.3 Å². The molecule has 2 aromatic carbocycles. The molecule has 168 valence electrons. The van der Waals surface area contributed by atoms with E-state index in [4.69, 9.17) is 9.97 Å². The summed E-state index contributed by atoms with van der Waals surface area (Å²) in [5, 5.41) is 11.1. The molecule has 1 saturated carbocycles. The van der Waals surface area contributed by atoms with Crippen molar-refractivity contribution < 1.29 is 4.79 Å². The van der Waals surface area contributed by atoms with Gasteiger partial charge in [0.1, 0.15) is 5.82 Å². The molecule has 1 aliphatic carbocycles. The van der Waals surface area contributed by atoms with Gasteiger partial charge in [0.15, 0.2) is 0 Å². The Morgan fingerprint density at radius 1 is 0.969 bits per heavy atom. The van der Waals surface area contributed by atoms with E-state index in [0.29, 0.717) is 18.0 Å². The molecule has 1 heterocycles. The SMILES string of the molecule is CC(=O)Nc1ccc(CNC2CCC(Nc3nc(N(C)C)c4ccccc4n3)CC2)cc1. The first-order valence-electron chi connectivity index (χ1n) is 11.3. The van der Waals surface area contributed by atoms with Crippen LogP contribution in [0, 0.1) is 0 Å². The lowest BCUT2D eigenvalue weighted by atomic mass is 9.91. The second-order valence-corrected chi connectivity index (χ2v) is 8.73.